The van der Waals surface area contributed by atoms with Crippen LogP contribution < -0.4 is 10.6 Å². The number of piperidine rings is 1. The van der Waals surface area contributed by atoms with Gasteiger partial charge in [0.25, 0.3) is 11.8 Å². The van der Waals surface area contributed by atoms with Gasteiger partial charge >= 0.3 is 0 Å². The fourth-order valence-electron chi connectivity index (χ4n) is 4.57. The van der Waals surface area contributed by atoms with Crippen LogP contribution in [0.25, 0.3) is 11.0 Å². The second-order valence-corrected chi connectivity index (χ2v) is 9.51. The van der Waals surface area contributed by atoms with Gasteiger partial charge in [0.2, 0.25) is 0 Å². The second kappa shape index (κ2) is 10.9. The van der Waals surface area contributed by atoms with E-state index in [4.69, 9.17) is 11.6 Å². The first-order valence-corrected chi connectivity index (χ1v) is 12.4. The minimum Gasteiger partial charge on any atom is -0.352 e. The molecule has 0 radical (unpaired) electrons. The minimum absolute atomic E-state index is 0.197. The van der Waals surface area contributed by atoms with Crippen LogP contribution in [0.1, 0.15) is 39.1 Å². The third-order valence-corrected chi connectivity index (χ3v) is 6.75. The highest BCUT2D eigenvalue weighted by atomic mass is 35.5. The molecule has 3 aromatic heterocycles. The molecule has 0 spiro atoms. The molecule has 0 bridgehead atoms. The number of fused-ring (bicyclic) bond motifs is 1. The molecule has 1 saturated heterocycles. The fraction of sp³-hybridized carbons (Fsp3) is 0.259. The van der Waals surface area contributed by atoms with Gasteiger partial charge < -0.3 is 15.6 Å². The number of rotatable bonds is 7. The van der Waals surface area contributed by atoms with Crippen molar-refractivity contribution in [3.8, 4) is 0 Å². The number of hydrogen-bond acceptors (Lipinski definition) is 5. The van der Waals surface area contributed by atoms with Crippen LogP contribution in [-0.2, 0) is 6.54 Å². The first-order valence-electron chi connectivity index (χ1n) is 12.0. The van der Waals surface area contributed by atoms with E-state index in [2.05, 4.69) is 36.6 Å². The number of H-pyrrole nitrogens is 1. The van der Waals surface area contributed by atoms with E-state index >= 15 is 0 Å². The largest absolute Gasteiger partial charge is 0.352 e. The maximum Gasteiger partial charge on any atom is 0.256 e. The first kappa shape index (κ1) is 24.0. The first-order chi connectivity index (χ1) is 17.5. The van der Waals surface area contributed by atoms with Gasteiger partial charge in [0.15, 0.2) is 0 Å². The number of hydrogen-bond donors (Lipinski definition) is 3. The molecule has 184 valence electrons. The lowest BCUT2D eigenvalue weighted by molar-refractivity contribution is 0.0933. The van der Waals surface area contributed by atoms with Crippen LogP contribution in [-0.4, -0.2) is 51.3 Å². The highest BCUT2D eigenvalue weighted by molar-refractivity contribution is 6.30. The quantitative estimate of drug-likeness (QED) is 0.345. The molecular formula is C27H27ClN6O2. The molecule has 1 aliphatic heterocycles. The van der Waals surface area contributed by atoms with Crippen molar-refractivity contribution in [1.29, 1.82) is 0 Å². The molecule has 36 heavy (non-hydrogen) atoms. The Morgan fingerprint density at radius 1 is 1.08 bits per heavy atom. The van der Waals surface area contributed by atoms with Crippen LogP contribution in [0, 0.1) is 5.92 Å². The third kappa shape index (κ3) is 5.72. The lowest BCUT2D eigenvalue weighted by Crippen LogP contribution is -2.38. The molecule has 9 heteroatoms. The normalized spacial score (nSPS) is 14.6. The van der Waals surface area contributed by atoms with Crippen molar-refractivity contribution in [2.45, 2.75) is 19.4 Å². The Labute approximate surface area is 214 Å². The summed E-state index contributed by atoms with van der Waals surface area (Å²) < 4.78 is 0. The average molecular weight is 503 g/mol. The number of likely N-dealkylation sites (tertiary alicyclic amines) is 1. The number of aromatic nitrogens is 3. The van der Waals surface area contributed by atoms with Crippen LogP contribution in [0.4, 0.5) is 5.69 Å². The number of carbonyl (C=O) groups excluding carboxylic acids is 2. The molecular weight excluding hydrogens is 476 g/mol. The van der Waals surface area contributed by atoms with Crippen molar-refractivity contribution in [1.82, 2.24) is 25.2 Å². The number of nitrogens with one attached hydrogen (secondary N) is 3. The summed E-state index contributed by atoms with van der Waals surface area (Å²) in [5.41, 5.74) is 3.23. The van der Waals surface area contributed by atoms with Crippen LogP contribution >= 0.6 is 11.6 Å². The molecule has 5 rings (SSSR count). The Balaban J connectivity index is 1.12. The number of carbonyl (C=O) groups is 2. The number of aromatic amines is 1. The molecule has 4 heterocycles. The Hall–Kier alpha value is -3.75. The molecule has 0 aliphatic carbocycles. The van der Waals surface area contributed by atoms with E-state index < -0.39 is 0 Å². The van der Waals surface area contributed by atoms with Gasteiger partial charge in [-0.1, -0.05) is 23.7 Å². The van der Waals surface area contributed by atoms with Crippen LogP contribution in [0.2, 0.25) is 5.02 Å². The van der Waals surface area contributed by atoms with Crippen molar-refractivity contribution in [2.24, 2.45) is 5.92 Å². The summed E-state index contributed by atoms with van der Waals surface area (Å²) in [6, 6.07) is 13.1. The van der Waals surface area contributed by atoms with Gasteiger partial charge in [0.05, 0.1) is 23.0 Å². The SMILES string of the molecule is O=C(NCC1CCN(Cc2cccc(Cl)c2)CC1)c1cncc(NC(=O)c2ccnc3[nH]ccc23)c1. The molecule has 0 unspecified atom stereocenters. The fourth-order valence-corrected chi connectivity index (χ4v) is 4.78. The topological polar surface area (TPSA) is 103 Å². The van der Waals surface area contributed by atoms with Crippen molar-refractivity contribution >= 4 is 40.1 Å². The number of amides is 2. The zero-order valence-corrected chi connectivity index (χ0v) is 20.5. The monoisotopic (exact) mass is 502 g/mol. The average Bonchev–Trinajstić information content (AvgIpc) is 3.37. The van der Waals surface area contributed by atoms with Gasteiger partial charge in [-0.2, -0.15) is 0 Å². The molecule has 1 aliphatic rings. The van der Waals surface area contributed by atoms with E-state index in [0.29, 0.717) is 34.9 Å². The van der Waals surface area contributed by atoms with Crippen molar-refractivity contribution in [3.63, 3.8) is 0 Å². The summed E-state index contributed by atoms with van der Waals surface area (Å²) in [6.45, 7) is 3.47. The molecule has 8 nitrogen and oxygen atoms in total. The Morgan fingerprint density at radius 2 is 1.94 bits per heavy atom. The maximum absolute atomic E-state index is 12.8. The second-order valence-electron chi connectivity index (χ2n) is 9.07. The van der Waals surface area contributed by atoms with E-state index in [9.17, 15) is 9.59 Å². The van der Waals surface area contributed by atoms with E-state index in [-0.39, 0.29) is 11.8 Å². The van der Waals surface area contributed by atoms with E-state index in [0.717, 1.165) is 42.9 Å². The summed E-state index contributed by atoms with van der Waals surface area (Å²) in [4.78, 5) is 39.3. The predicted molar refractivity (Wildman–Crippen MR) is 140 cm³/mol. The predicted octanol–water partition coefficient (Wildman–Crippen LogP) is 4.51. The number of anilines is 1. The van der Waals surface area contributed by atoms with E-state index in [1.165, 1.54) is 18.0 Å². The van der Waals surface area contributed by atoms with Crippen LogP contribution in [0.3, 0.4) is 0 Å². The zero-order valence-electron chi connectivity index (χ0n) is 19.7. The minimum atomic E-state index is -0.286. The van der Waals surface area contributed by atoms with Crippen molar-refractivity contribution < 1.29 is 9.59 Å². The molecule has 2 amide bonds. The summed E-state index contributed by atoms with van der Waals surface area (Å²) in [7, 11) is 0. The number of nitrogens with zero attached hydrogens (tertiary/aromatic N) is 3. The van der Waals surface area contributed by atoms with Gasteiger partial charge in [-0.15, -0.1) is 0 Å². The van der Waals surface area contributed by atoms with Gasteiger partial charge in [0, 0.05) is 42.1 Å². The molecule has 4 aromatic rings. The molecule has 0 saturated carbocycles. The Kier molecular flexibility index (Phi) is 7.25. The third-order valence-electron chi connectivity index (χ3n) is 6.52. The Morgan fingerprint density at radius 3 is 2.78 bits per heavy atom. The molecule has 3 N–H and O–H groups in total. The van der Waals surface area contributed by atoms with Gasteiger partial charge in [-0.3, -0.25) is 19.5 Å². The van der Waals surface area contributed by atoms with Crippen molar-refractivity contribution in [2.75, 3.05) is 25.0 Å². The van der Waals surface area contributed by atoms with Crippen LogP contribution in [0.15, 0.2) is 67.3 Å². The Bertz CT molecular complexity index is 1380. The highest BCUT2D eigenvalue weighted by Gasteiger charge is 2.20. The van der Waals surface area contributed by atoms with Gasteiger partial charge in [-0.05, 0) is 67.7 Å². The zero-order chi connectivity index (χ0) is 24.9. The van der Waals surface area contributed by atoms with Crippen molar-refractivity contribution in [3.05, 3.63) is 89.0 Å². The molecule has 1 aromatic carbocycles. The molecule has 0 atom stereocenters. The van der Waals surface area contributed by atoms with E-state index in [1.54, 1.807) is 30.6 Å². The smallest absolute Gasteiger partial charge is 0.256 e. The summed E-state index contributed by atoms with van der Waals surface area (Å²) in [5.74, 6) is -0.0568. The standard InChI is InChI=1S/C27H27ClN6O2/c28-21-3-1-2-19(12-21)17-34-10-6-18(7-11-34)14-32-26(35)20-13-22(16-29-15-20)33-27(36)24-5-9-31-25-23(24)4-8-30-25/h1-5,8-9,12-13,15-16,18H,6-7,10-11,14,17H2,(H,30,31)(H,32,35)(H,33,36). The number of benzene rings is 1. The highest BCUT2D eigenvalue weighted by Crippen LogP contribution is 2.21. The maximum atomic E-state index is 12.8. The van der Waals surface area contributed by atoms with Crippen LogP contribution in [0.5, 0.6) is 0 Å². The van der Waals surface area contributed by atoms with E-state index in [1.807, 2.05) is 18.2 Å². The van der Waals surface area contributed by atoms with Gasteiger partial charge in [0.1, 0.15) is 5.65 Å². The molecule has 1 fully saturated rings. The summed E-state index contributed by atoms with van der Waals surface area (Å²) in [6.07, 6.45) is 8.40. The lowest BCUT2D eigenvalue weighted by atomic mass is 9.96. The number of pyridine rings is 2. The lowest BCUT2D eigenvalue weighted by Gasteiger charge is -2.32. The number of halogens is 1. The van der Waals surface area contributed by atoms with Gasteiger partial charge in [-0.25, -0.2) is 4.98 Å². The summed E-state index contributed by atoms with van der Waals surface area (Å²) in [5, 5.41) is 7.36. The summed E-state index contributed by atoms with van der Waals surface area (Å²) >= 11 is 6.10.